The Balaban J connectivity index is 1.65. The quantitative estimate of drug-likeness (QED) is 0.233. The number of nitrogens with two attached hydrogens (primary N) is 1. The lowest BCUT2D eigenvalue weighted by Crippen LogP contribution is -2.26. The van der Waals surface area contributed by atoms with E-state index < -0.39 is 5.82 Å². The first-order valence-electron chi connectivity index (χ1n) is 9.81. The van der Waals surface area contributed by atoms with Gasteiger partial charge >= 0.3 is 0 Å². The molecule has 0 radical (unpaired) electrons. The van der Waals surface area contributed by atoms with E-state index >= 15 is 0 Å². The third-order valence-electron chi connectivity index (χ3n) is 4.35. The minimum Gasteiger partial charge on any atom is -0.490 e. The molecule has 0 saturated heterocycles. The molecule has 0 bridgehead atoms. The van der Waals surface area contributed by atoms with Gasteiger partial charge in [0.25, 0.3) is 0 Å². The van der Waals surface area contributed by atoms with Crippen molar-refractivity contribution in [2.75, 3.05) is 44.8 Å². The molecular weight excluding hydrogens is 479 g/mol. The number of anilines is 3. The van der Waals surface area contributed by atoms with Gasteiger partial charge in [0.2, 0.25) is 5.91 Å². The van der Waals surface area contributed by atoms with Gasteiger partial charge in [-0.05, 0) is 38.4 Å². The van der Waals surface area contributed by atoms with E-state index in [0.717, 1.165) is 0 Å². The molecule has 0 unspecified atom stereocenters. The predicted octanol–water partition coefficient (Wildman–Crippen LogP) is 3.47. The first-order chi connectivity index (χ1) is 15.3. The lowest BCUT2D eigenvalue weighted by molar-refractivity contribution is -0.116. The zero-order valence-electron chi connectivity index (χ0n) is 17.7. The minimum absolute atomic E-state index is 0.189. The van der Waals surface area contributed by atoms with Crippen LogP contribution in [0.4, 0.5) is 21.6 Å². The second-order valence-electron chi connectivity index (χ2n) is 7.18. The highest BCUT2D eigenvalue weighted by atomic mass is 79.9. The van der Waals surface area contributed by atoms with Crippen molar-refractivity contribution in [2.45, 2.75) is 0 Å². The zero-order valence-corrected chi connectivity index (χ0v) is 19.3. The van der Waals surface area contributed by atoms with E-state index in [0.29, 0.717) is 45.7 Å². The lowest BCUT2D eigenvalue weighted by Gasteiger charge is -2.13. The molecule has 0 aliphatic rings. The molecule has 168 valence electrons. The number of carbonyl (C=O) groups excluding carboxylic acids is 1. The molecule has 1 aromatic heterocycles. The molecule has 10 heteroatoms. The summed E-state index contributed by atoms with van der Waals surface area (Å²) in [7, 11) is 3.85. The van der Waals surface area contributed by atoms with E-state index in [9.17, 15) is 9.18 Å². The number of fused-ring (bicyclic) bond motifs is 1. The molecule has 0 aliphatic heterocycles. The van der Waals surface area contributed by atoms with Gasteiger partial charge in [0, 0.05) is 28.5 Å². The highest BCUT2D eigenvalue weighted by Crippen LogP contribution is 2.32. The summed E-state index contributed by atoms with van der Waals surface area (Å²) in [5.74, 6) is 0.254. The molecule has 1 heterocycles. The average Bonchev–Trinajstić information content (AvgIpc) is 2.73. The molecule has 0 atom stereocenters. The summed E-state index contributed by atoms with van der Waals surface area (Å²) in [5.41, 5.74) is 7.38. The number of nitrogens with one attached hydrogen (secondary N) is 2. The molecule has 0 saturated carbocycles. The van der Waals surface area contributed by atoms with E-state index in [-0.39, 0.29) is 18.2 Å². The summed E-state index contributed by atoms with van der Waals surface area (Å²) in [5, 5.41) is 6.35. The molecule has 0 aliphatic carbocycles. The lowest BCUT2D eigenvalue weighted by atomic mass is 10.2. The number of nitrogen functional groups attached to an aromatic ring is 1. The van der Waals surface area contributed by atoms with Gasteiger partial charge in [0.1, 0.15) is 30.3 Å². The molecule has 8 nitrogen and oxygen atoms in total. The van der Waals surface area contributed by atoms with Gasteiger partial charge in [-0.3, -0.25) is 4.79 Å². The van der Waals surface area contributed by atoms with Crippen LogP contribution in [0.1, 0.15) is 0 Å². The second kappa shape index (κ2) is 10.9. The maximum atomic E-state index is 14.2. The largest absolute Gasteiger partial charge is 0.490 e. The molecule has 4 N–H and O–H groups in total. The highest BCUT2D eigenvalue weighted by molar-refractivity contribution is 9.10. The standard InChI is InChI=1S/C22H24BrFN6O2/c1-30(2)8-3-4-21(31)26-7-9-32-20-12-19-15(11-17(20)25)22(28-13-27-19)29-18-6-5-14(23)10-16(18)24/h3-6,10-13H,7-9,25H2,1-2H3,(H,26,31)(H,27,28,29). The number of nitrogens with zero attached hydrogens (tertiary/aromatic N) is 3. The first kappa shape index (κ1) is 23.4. The van der Waals surface area contributed by atoms with Crippen molar-refractivity contribution in [3.63, 3.8) is 0 Å². The van der Waals surface area contributed by atoms with E-state index in [1.54, 1.807) is 30.3 Å². The summed E-state index contributed by atoms with van der Waals surface area (Å²) in [6.45, 7) is 1.25. The van der Waals surface area contributed by atoms with Gasteiger partial charge in [0.05, 0.1) is 23.4 Å². The molecule has 32 heavy (non-hydrogen) atoms. The topological polar surface area (TPSA) is 105 Å². The third kappa shape index (κ3) is 6.38. The van der Waals surface area contributed by atoms with Crippen LogP contribution in [-0.4, -0.2) is 54.6 Å². The van der Waals surface area contributed by atoms with Crippen molar-refractivity contribution >= 4 is 49.9 Å². The number of rotatable bonds is 9. The van der Waals surface area contributed by atoms with Gasteiger partial charge in [0.15, 0.2) is 0 Å². The number of amides is 1. The van der Waals surface area contributed by atoms with Crippen LogP contribution in [0.2, 0.25) is 0 Å². The Hall–Kier alpha value is -3.24. The summed E-state index contributed by atoms with van der Waals surface area (Å²) < 4.78 is 20.5. The predicted molar refractivity (Wildman–Crippen MR) is 128 cm³/mol. The molecule has 3 aromatic rings. The molecule has 0 spiro atoms. The van der Waals surface area contributed by atoms with Gasteiger partial charge < -0.3 is 26.0 Å². The fraction of sp³-hybridized carbons (Fsp3) is 0.227. The Kier molecular flexibility index (Phi) is 7.96. The van der Waals surface area contributed by atoms with Crippen LogP contribution in [0.5, 0.6) is 5.75 Å². The fourth-order valence-corrected chi connectivity index (χ4v) is 3.14. The third-order valence-corrected chi connectivity index (χ3v) is 4.84. The highest BCUT2D eigenvalue weighted by Gasteiger charge is 2.11. The first-order valence-corrected chi connectivity index (χ1v) is 10.6. The normalized spacial score (nSPS) is 11.3. The Morgan fingerprint density at radius 2 is 2.09 bits per heavy atom. The Morgan fingerprint density at radius 1 is 1.28 bits per heavy atom. The van der Waals surface area contributed by atoms with Crippen LogP contribution in [-0.2, 0) is 4.79 Å². The van der Waals surface area contributed by atoms with Crippen LogP contribution in [0, 0.1) is 5.82 Å². The van der Waals surface area contributed by atoms with E-state index in [1.165, 1.54) is 18.5 Å². The average molecular weight is 503 g/mol. The van der Waals surface area contributed by atoms with Crippen molar-refractivity contribution in [1.29, 1.82) is 0 Å². The molecular formula is C22H24BrFN6O2. The zero-order chi connectivity index (χ0) is 23.1. The fourth-order valence-electron chi connectivity index (χ4n) is 2.81. The monoisotopic (exact) mass is 502 g/mol. The van der Waals surface area contributed by atoms with Crippen molar-refractivity contribution in [1.82, 2.24) is 20.2 Å². The van der Waals surface area contributed by atoms with Crippen LogP contribution < -0.4 is 21.1 Å². The SMILES string of the molecule is CN(C)CC=CC(=O)NCCOc1cc2ncnc(Nc3ccc(Br)cc3F)c2cc1N. The minimum atomic E-state index is -0.419. The Labute approximate surface area is 193 Å². The smallest absolute Gasteiger partial charge is 0.243 e. The Morgan fingerprint density at radius 3 is 2.84 bits per heavy atom. The number of carbonyl (C=O) groups is 1. The molecule has 0 fully saturated rings. The van der Waals surface area contributed by atoms with E-state index in [1.807, 2.05) is 19.0 Å². The number of likely N-dealkylation sites (N-methyl/N-ethyl adjacent to an activating group) is 1. The number of hydrogen-bond donors (Lipinski definition) is 3. The van der Waals surface area contributed by atoms with Crippen molar-refractivity contribution < 1.29 is 13.9 Å². The summed E-state index contributed by atoms with van der Waals surface area (Å²) in [6, 6.07) is 8.06. The van der Waals surface area contributed by atoms with Crippen LogP contribution in [0.3, 0.4) is 0 Å². The van der Waals surface area contributed by atoms with Crippen molar-refractivity contribution in [3.8, 4) is 5.75 Å². The maximum Gasteiger partial charge on any atom is 0.243 e. The number of ether oxygens (including phenoxy) is 1. The van der Waals surface area contributed by atoms with Gasteiger partial charge in [-0.25, -0.2) is 14.4 Å². The van der Waals surface area contributed by atoms with Crippen LogP contribution in [0.25, 0.3) is 10.9 Å². The second-order valence-corrected chi connectivity index (χ2v) is 8.10. The summed E-state index contributed by atoms with van der Waals surface area (Å²) >= 11 is 3.24. The number of benzene rings is 2. The van der Waals surface area contributed by atoms with Gasteiger partial charge in [-0.2, -0.15) is 0 Å². The Bertz CT molecular complexity index is 1140. The van der Waals surface area contributed by atoms with E-state index in [2.05, 4.69) is 36.5 Å². The van der Waals surface area contributed by atoms with Crippen molar-refractivity contribution in [3.05, 3.63) is 59.1 Å². The van der Waals surface area contributed by atoms with Crippen molar-refractivity contribution in [2.24, 2.45) is 0 Å². The summed E-state index contributed by atoms with van der Waals surface area (Å²) in [6.07, 6.45) is 4.65. The van der Waals surface area contributed by atoms with Crippen LogP contribution >= 0.6 is 15.9 Å². The van der Waals surface area contributed by atoms with E-state index in [4.69, 9.17) is 10.5 Å². The number of aromatic nitrogens is 2. The van der Waals surface area contributed by atoms with Crippen LogP contribution in [0.15, 0.2) is 53.3 Å². The summed E-state index contributed by atoms with van der Waals surface area (Å²) in [4.78, 5) is 22.2. The van der Waals surface area contributed by atoms with Gasteiger partial charge in [-0.1, -0.05) is 22.0 Å². The molecule has 2 aromatic carbocycles. The molecule has 3 rings (SSSR count). The molecule has 1 amide bonds. The van der Waals surface area contributed by atoms with Gasteiger partial charge in [-0.15, -0.1) is 0 Å². The maximum absolute atomic E-state index is 14.2. The number of hydrogen-bond acceptors (Lipinski definition) is 7. The number of halogens is 2.